The summed E-state index contributed by atoms with van der Waals surface area (Å²) < 4.78 is 6.72. The van der Waals surface area contributed by atoms with Gasteiger partial charge in [0.25, 0.3) is 5.56 Å². The van der Waals surface area contributed by atoms with Gasteiger partial charge in [0.05, 0.1) is 12.2 Å². The van der Waals surface area contributed by atoms with Crippen LogP contribution in [0, 0.1) is 18.3 Å². The van der Waals surface area contributed by atoms with Crippen LogP contribution in [0.4, 0.5) is 0 Å². The topological polar surface area (TPSA) is 92.3 Å². The highest BCUT2D eigenvalue weighted by Gasteiger charge is 2.25. The van der Waals surface area contributed by atoms with E-state index in [4.69, 9.17) is 4.74 Å². The zero-order valence-electron chi connectivity index (χ0n) is 16.8. The molecule has 0 aliphatic rings. The van der Waals surface area contributed by atoms with Crippen LogP contribution in [0.1, 0.15) is 73.1 Å². The fraction of sp³-hybridized carbons (Fsp3) is 0.409. The summed E-state index contributed by atoms with van der Waals surface area (Å²) in [6.07, 6.45) is 3.18. The molecule has 0 aliphatic carbocycles. The number of ether oxygens (including phenoxy) is 1. The molecular formula is C22H26N2O4. The number of hydrogen-bond acceptors (Lipinski definition) is 5. The largest absolute Gasteiger partial charge is 0.494 e. The normalized spacial score (nSPS) is 10.7. The SMILES string of the molecule is CCCCCOc1ccc(C(=O)c2c(C)c(C#N)c(=O)n(C(C)C)c2O)cc1. The maximum absolute atomic E-state index is 13.0. The first-order chi connectivity index (χ1) is 13.3. The molecule has 1 N–H and O–H groups in total. The van der Waals surface area contributed by atoms with Crippen LogP contribution in [0.2, 0.25) is 0 Å². The Morgan fingerprint density at radius 1 is 1.25 bits per heavy atom. The number of carbonyl (C=O) groups is 1. The molecule has 0 radical (unpaired) electrons. The van der Waals surface area contributed by atoms with Crippen molar-refractivity contribution in [2.75, 3.05) is 6.61 Å². The van der Waals surface area contributed by atoms with E-state index in [0.717, 1.165) is 23.8 Å². The Morgan fingerprint density at radius 3 is 2.43 bits per heavy atom. The lowest BCUT2D eigenvalue weighted by molar-refractivity contribution is 0.103. The molecule has 6 heteroatoms. The Labute approximate surface area is 165 Å². The van der Waals surface area contributed by atoms with Crippen molar-refractivity contribution in [3.63, 3.8) is 0 Å². The van der Waals surface area contributed by atoms with Crippen molar-refractivity contribution in [3.05, 3.63) is 56.9 Å². The van der Waals surface area contributed by atoms with E-state index in [0.29, 0.717) is 17.9 Å². The molecule has 0 unspecified atom stereocenters. The van der Waals surface area contributed by atoms with Crippen LogP contribution >= 0.6 is 0 Å². The summed E-state index contributed by atoms with van der Waals surface area (Å²) in [4.78, 5) is 25.5. The zero-order valence-corrected chi connectivity index (χ0v) is 16.8. The number of hydrogen-bond donors (Lipinski definition) is 1. The number of benzene rings is 1. The molecule has 148 valence electrons. The first-order valence-electron chi connectivity index (χ1n) is 9.49. The maximum atomic E-state index is 13.0. The number of ketones is 1. The fourth-order valence-corrected chi connectivity index (χ4v) is 3.06. The van der Waals surface area contributed by atoms with Gasteiger partial charge in [0, 0.05) is 11.6 Å². The van der Waals surface area contributed by atoms with Gasteiger partial charge in [-0.3, -0.25) is 14.2 Å². The van der Waals surface area contributed by atoms with Crippen LogP contribution < -0.4 is 10.3 Å². The molecule has 0 fully saturated rings. The monoisotopic (exact) mass is 382 g/mol. The molecule has 6 nitrogen and oxygen atoms in total. The summed E-state index contributed by atoms with van der Waals surface area (Å²) in [6.45, 7) is 7.65. The highest BCUT2D eigenvalue weighted by Crippen LogP contribution is 2.27. The molecule has 0 spiro atoms. The van der Waals surface area contributed by atoms with Gasteiger partial charge in [0.1, 0.15) is 17.4 Å². The van der Waals surface area contributed by atoms with Crippen LogP contribution in [0.25, 0.3) is 0 Å². The number of carbonyl (C=O) groups excluding carboxylic acids is 1. The molecule has 0 saturated carbocycles. The molecule has 1 aromatic heterocycles. The Kier molecular flexibility index (Phi) is 7.00. The molecule has 0 saturated heterocycles. The molecule has 28 heavy (non-hydrogen) atoms. The van der Waals surface area contributed by atoms with Crippen molar-refractivity contribution >= 4 is 5.78 Å². The molecule has 2 rings (SSSR count). The van der Waals surface area contributed by atoms with Gasteiger partial charge in [-0.2, -0.15) is 5.26 Å². The molecule has 2 aromatic rings. The summed E-state index contributed by atoms with van der Waals surface area (Å²) in [5.74, 6) is -0.196. The quantitative estimate of drug-likeness (QED) is 0.548. The minimum atomic E-state index is -0.597. The molecule has 0 amide bonds. The molecule has 0 bridgehead atoms. The van der Waals surface area contributed by atoms with Gasteiger partial charge in [-0.15, -0.1) is 0 Å². The van der Waals surface area contributed by atoms with Gasteiger partial charge in [-0.1, -0.05) is 19.8 Å². The number of aromatic nitrogens is 1. The first-order valence-corrected chi connectivity index (χ1v) is 9.49. The van der Waals surface area contributed by atoms with Crippen LogP contribution in [0.3, 0.4) is 0 Å². The van der Waals surface area contributed by atoms with E-state index in [1.165, 1.54) is 6.92 Å². The van der Waals surface area contributed by atoms with Crippen LogP contribution in [0.15, 0.2) is 29.1 Å². The van der Waals surface area contributed by atoms with E-state index in [1.807, 2.05) is 6.07 Å². The van der Waals surface area contributed by atoms with Crippen molar-refractivity contribution in [1.82, 2.24) is 4.57 Å². The van der Waals surface area contributed by atoms with Gasteiger partial charge in [0.15, 0.2) is 5.78 Å². The highest BCUT2D eigenvalue weighted by molar-refractivity contribution is 6.11. The van der Waals surface area contributed by atoms with Gasteiger partial charge < -0.3 is 9.84 Å². The maximum Gasteiger partial charge on any atom is 0.271 e. The Balaban J connectivity index is 2.40. The summed E-state index contributed by atoms with van der Waals surface area (Å²) in [7, 11) is 0. The fourth-order valence-electron chi connectivity index (χ4n) is 3.06. The second kappa shape index (κ2) is 9.23. The number of unbranched alkanes of at least 4 members (excludes halogenated alkanes) is 2. The van der Waals surface area contributed by atoms with Crippen molar-refractivity contribution in [3.8, 4) is 17.7 Å². The summed E-state index contributed by atoms with van der Waals surface area (Å²) >= 11 is 0. The van der Waals surface area contributed by atoms with Crippen LogP contribution in [-0.2, 0) is 0 Å². The lowest BCUT2D eigenvalue weighted by Crippen LogP contribution is -2.28. The smallest absolute Gasteiger partial charge is 0.271 e. The van der Waals surface area contributed by atoms with Crippen molar-refractivity contribution < 1.29 is 14.6 Å². The molecular weight excluding hydrogens is 356 g/mol. The standard InChI is InChI=1S/C22H26N2O4/c1-5-6-7-12-28-17-10-8-16(9-11-17)20(25)19-15(4)18(13-23)21(26)24(14(2)3)22(19)27/h8-11,14,27H,5-7,12H2,1-4H3. The number of rotatable bonds is 8. The van der Waals surface area contributed by atoms with Gasteiger partial charge in [0.2, 0.25) is 5.88 Å². The number of nitrogens with zero attached hydrogens (tertiary/aromatic N) is 2. The van der Waals surface area contributed by atoms with Crippen molar-refractivity contribution in [2.24, 2.45) is 0 Å². The average molecular weight is 382 g/mol. The third kappa shape index (κ3) is 4.25. The third-order valence-corrected chi connectivity index (χ3v) is 4.62. The summed E-state index contributed by atoms with van der Waals surface area (Å²) in [5.41, 5.74) is -0.226. The molecule has 0 atom stereocenters. The van der Waals surface area contributed by atoms with Gasteiger partial charge in [-0.05, 0) is 57.0 Å². The number of aromatic hydroxyl groups is 1. The minimum absolute atomic E-state index is 0.0264. The lowest BCUT2D eigenvalue weighted by Gasteiger charge is -2.18. The van der Waals surface area contributed by atoms with E-state index in [1.54, 1.807) is 38.1 Å². The average Bonchev–Trinajstić information content (AvgIpc) is 2.65. The van der Waals surface area contributed by atoms with Crippen molar-refractivity contribution in [1.29, 1.82) is 5.26 Å². The van der Waals surface area contributed by atoms with E-state index >= 15 is 0 Å². The van der Waals surface area contributed by atoms with E-state index < -0.39 is 23.3 Å². The minimum Gasteiger partial charge on any atom is -0.494 e. The third-order valence-electron chi connectivity index (χ3n) is 4.62. The van der Waals surface area contributed by atoms with Crippen LogP contribution in [0.5, 0.6) is 11.6 Å². The van der Waals surface area contributed by atoms with Crippen LogP contribution in [-0.4, -0.2) is 22.1 Å². The summed E-state index contributed by atoms with van der Waals surface area (Å²) in [6, 6.07) is 8.10. The Bertz CT molecular complexity index is 950. The Hall–Kier alpha value is -3.07. The van der Waals surface area contributed by atoms with Crippen molar-refractivity contribution in [2.45, 2.75) is 53.0 Å². The predicted octanol–water partition coefficient (Wildman–Crippen LogP) is 4.11. The molecule has 1 aromatic carbocycles. The second-order valence-electron chi connectivity index (χ2n) is 6.99. The zero-order chi connectivity index (χ0) is 20.8. The second-order valence-corrected chi connectivity index (χ2v) is 6.99. The predicted molar refractivity (Wildman–Crippen MR) is 107 cm³/mol. The van der Waals surface area contributed by atoms with E-state index in [2.05, 4.69) is 6.92 Å². The van der Waals surface area contributed by atoms with Gasteiger partial charge >= 0.3 is 0 Å². The number of nitriles is 1. The van der Waals surface area contributed by atoms with Gasteiger partial charge in [-0.25, -0.2) is 0 Å². The lowest BCUT2D eigenvalue weighted by atomic mass is 9.97. The molecule has 0 aliphatic heterocycles. The van der Waals surface area contributed by atoms with E-state index in [-0.39, 0.29) is 16.7 Å². The first kappa shape index (κ1) is 21.2. The van der Waals surface area contributed by atoms with E-state index in [9.17, 15) is 20.0 Å². The number of pyridine rings is 1. The summed E-state index contributed by atoms with van der Waals surface area (Å²) in [5, 5.41) is 20.0. The highest BCUT2D eigenvalue weighted by atomic mass is 16.5. The molecule has 1 heterocycles. The Morgan fingerprint density at radius 2 is 1.89 bits per heavy atom.